The highest BCUT2D eigenvalue weighted by Crippen LogP contribution is 2.31. The minimum Gasteiger partial charge on any atom is -0.340 e. The van der Waals surface area contributed by atoms with Gasteiger partial charge in [0.05, 0.1) is 16.3 Å². The summed E-state index contributed by atoms with van der Waals surface area (Å²) in [5, 5.41) is 3.21. The number of halogens is 2. The number of likely N-dealkylation sites (N-methyl/N-ethyl adjacent to an activating group) is 1. The third-order valence-corrected chi connectivity index (χ3v) is 4.88. The first-order valence-electron chi connectivity index (χ1n) is 7.09. The van der Waals surface area contributed by atoms with Gasteiger partial charge in [0.15, 0.2) is 0 Å². The predicted octanol–water partition coefficient (Wildman–Crippen LogP) is 3.26. The number of benzene rings is 2. The van der Waals surface area contributed by atoms with Crippen molar-refractivity contribution in [3.63, 3.8) is 0 Å². The lowest BCUT2D eigenvalue weighted by Gasteiger charge is -2.21. The minimum absolute atomic E-state index is 0.177. The molecule has 0 aliphatic carbocycles. The molecule has 1 heterocycles. The number of anilines is 1. The largest absolute Gasteiger partial charge is 0.340 e. The van der Waals surface area contributed by atoms with E-state index < -0.39 is 6.04 Å². The summed E-state index contributed by atoms with van der Waals surface area (Å²) in [4.78, 5) is 26.6. The van der Waals surface area contributed by atoms with E-state index in [9.17, 15) is 9.59 Å². The summed E-state index contributed by atoms with van der Waals surface area (Å²) in [6.45, 7) is 0. The number of carbonyl (C=O) groups excluding carboxylic acids is 2. The SMILES string of the molecule is CN1C(=O)[C@@H](Cc2ccc(I)cc2)NC(=O)c2cccc(Cl)c21. The molecule has 0 spiro atoms. The number of rotatable bonds is 2. The van der Waals surface area contributed by atoms with Crippen molar-refractivity contribution in [1.29, 1.82) is 0 Å². The van der Waals surface area contributed by atoms with Gasteiger partial charge in [-0.05, 0) is 52.4 Å². The molecule has 2 amide bonds. The highest BCUT2D eigenvalue weighted by atomic mass is 127. The zero-order valence-corrected chi connectivity index (χ0v) is 15.3. The molecule has 1 atom stereocenters. The second kappa shape index (κ2) is 6.49. The highest BCUT2D eigenvalue weighted by Gasteiger charge is 2.33. The third-order valence-electron chi connectivity index (χ3n) is 3.85. The second-order valence-corrected chi connectivity index (χ2v) is 7.04. The molecule has 118 valence electrons. The molecule has 6 heteroatoms. The summed E-state index contributed by atoms with van der Waals surface area (Å²) < 4.78 is 1.12. The highest BCUT2D eigenvalue weighted by molar-refractivity contribution is 14.1. The Morgan fingerprint density at radius 2 is 1.87 bits per heavy atom. The van der Waals surface area contributed by atoms with Gasteiger partial charge in [-0.25, -0.2) is 0 Å². The van der Waals surface area contributed by atoms with E-state index in [-0.39, 0.29) is 11.8 Å². The molecule has 3 rings (SSSR count). The van der Waals surface area contributed by atoms with Gasteiger partial charge in [0.1, 0.15) is 6.04 Å². The number of hydrogen-bond acceptors (Lipinski definition) is 2. The van der Waals surface area contributed by atoms with Gasteiger partial charge in [-0.1, -0.05) is 29.8 Å². The lowest BCUT2D eigenvalue weighted by molar-refractivity contribution is -0.120. The molecule has 0 saturated carbocycles. The summed E-state index contributed by atoms with van der Waals surface area (Å²) >= 11 is 8.42. The van der Waals surface area contributed by atoms with E-state index in [0.717, 1.165) is 9.13 Å². The van der Waals surface area contributed by atoms with Crippen LogP contribution in [0.3, 0.4) is 0 Å². The van der Waals surface area contributed by atoms with Gasteiger partial charge in [-0.15, -0.1) is 0 Å². The first-order chi connectivity index (χ1) is 11.0. The maximum absolute atomic E-state index is 12.7. The minimum atomic E-state index is -0.615. The molecular weight excluding hydrogens is 427 g/mol. The van der Waals surface area contributed by atoms with E-state index in [1.807, 2.05) is 24.3 Å². The molecule has 2 aromatic rings. The molecule has 2 aromatic carbocycles. The van der Waals surface area contributed by atoms with Crippen molar-refractivity contribution in [1.82, 2.24) is 5.32 Å². The van der Waals surface area contributed by atoms with Gasteiger partial charge in [0.2, 0.25) is 5.91 Å². The fourth-order valence-electron chi connectivity index (χ4n) is 2.68. The average molecular weight is 441 g/mol. The third kappa shape index (κ3) is 3.21. The van der Waals surface area contributed by atoms with E-state index in [4.69, 9.17) is 11.6 Å². The normalized spacial score (nSPS) is 17.5. The number of hydrogen-bond donors (Lipinski definition) is 1. The van der Waals surface area contributed by atoms with Crippen molar-refractivity contribution in [2.75, 3.05) is 11.9 Å². The first-order valence-corrected chi connectivity index (χ1v) is 8.54. The molecule has 0 bridgehead atoms. The topological polar surface area (TPSA) is 49.4 Å². The van der Waals surface area contributed by atoms with Crippen LogP contribution in [0.4, 0.5) is 5.69 Å². The van der Waals surface area contributed by atoms with Crippen molar-refractivity contribution in [3.8, 4) is 0 Å². The van der Waals surface area contributed by atoms with Crippen LogP contribution in [0, 0.1) is 3.57 Å². The zero-order chi connectivity index (χ0) is 16.6. The van der Waals surface area contributed by atoms with E-state index in [0.29, 0.717) is 22.7 Å². The van der Waals surface area contributed by atoms with Gasteiger partial charge in [0.25, 0.3) is 5.91 Å². The van der Waals surface area contributed by atoms with Crippen molar-refractivity contribution < 1.29 is 9.59 Å². The molecule has 1 N–H and O–H groups in total. The lowest BCUT2D eigenvalue weighted by atomic mass is 10.1. The molecule has 0 unspecified atom stereocenters. The Balaban J connectivity index is 1.94. The van der Waals surface area contributed by atoms with Crippen LogP contribution >= 0.6 is 34.2 Å². The van der Waals surface area contributed by atoms with E-state index in [2.05, 4.69) is 27.9 Å². The molecule has 0 aromatic heterocycles. The Morgan fingerprint density at radius 3 is 2.57 bits per heavy atom. The number of nitrogens with zero attached hydrogens (tertiary/aromatic N) is 1. The quantitative estimate of drug-likeness (QED) is 0.729. The molecular formula is C17H14ClIN2O2. The molecule has 1 aliphatic heterocycles. The maximum atomic E-state index is 12.7. The zero-order valence-electron chi connectivity index (χ0n) is 12.3. The van der Waals surface area contributed by atoms with Gasteiger partial charge < -0.3 is 10.2 Å². The summed E-state index contributed by atoms with van der Waals surface area (Å²) in [7, 11) is 1.65. The Bertz CT molecular complexity index is 777. The Kier molecular flexibility index (Phi) is 4.59. The van der Waals surface area contributed by atoms with E-state index in [1.165, 1.54) is 4.90 Å². The van der Waals surface area contributed by atoms with Crippen LogP contribution in [0.5, 0.6) is 0 Å². The van der Waals surface area contributed by atoms with Crippen LogP contribution in [0.2, 0.25) is 5.02 Å². The predicted molar refractivity (Wildman–Crippen MR) is 99.0 cm³/mol. The van der Waals surface area contributed by atoms with Crippen molar-refractivity contribution in [2.24, 2.45) is 0 Å². The van der Waals surface area contributed by atoms with Crippen molar-refractivity contribution in [3.05, 3.63) is 62.2 Å². The number of para-hydroxylation sites is 1. The summed E-state index contributed by atoms with van der Waals surface area (Å²) in [5.74, 6) is -0.459. The molecule has 4 nitrogen and oxygen atoms in total. The molecule has 1 aliphatic rings. The molecule has 0 fully saturated rings. The Morgan fingerprint density at radius 1 is 1.17 bits per heavy atom. The molecule has 0 saturated heterocycles. The fourth-order valence-corrected chi connectivity index (χ4v) is 3.34. The van der Waals surface area contributed by atoms with Crippen LogP contribution in [0.1, 0.15) is 15.9 Å². The fraction of sp³-hybridized carbons (Fsp3) is 0.176. The maximum Gasteiger partial charge on any atom is 0.254 e. The first kappa shape index (κ1) is 16.3. The number of carbonyl (C=O) groups is 2. The van der Waals surface area contributed by atoms with E-state index >= 15 is 0 Å². The summed E-state index contributed by atoms with van der Waals surface area (Å²) in [6.07, 6.45) is 0.442. The average Bonchev–Trinajstić information content (AvgIpc) is 2.62. The molecule has 0 radical (unpaired) electrons. The standard InChI is InChI=1S/C17H14ClIN2O2/c1-21-15-12(3-2-4-13(15)18)16(22)20-14(17(21)23)9-10-5-7-11(19)8-6-10/h2-8,14H,9H2,1H3,(H,20,22)/t14-/m1/s1. The lowest BCUT2D eigenvalue weighted by Crippen LogP contribution is -2.45. The van der Waals surface area contributed by atoms with Gasteiger partial charge in [0, 0.05) is 17.0 Å². The second-order valence-electron chi connectivity index (χ2n) is 5.39. The van der Waals surface area contributed by atoms with Gasteiger partial charge in [-0.3, -0.25) is 9.59 Å². The number of nitrogens with one attached hydrogen (secondary N) is 1. The summed E-state index contributed by atoms with van der Waals surface area (Å²) in [6, 6.07) is 12.3. The monoisotopic (exact) mass is 440 g/mol. The van der Waals surface area contributed by atoms with Crippen LogP contribution < -0.4 is 10.2 Å². The Labute approximate surface area is 153 Å². The van der Waals surface area contributed by atoms with Crippen LogP contribution in [-0.2, 0) is 11.2 Å². The Hall–Kier alpha value is -1.60. The van der Waals surface area contributed by atoms with Crippen LogP contribution in [0.15, 0.2) is 42.5 Å². The molecule has 23 heavy (non-hydrogen) atoms. The van der Waals surface area contributed by atoms with Gasteiger partial charge in [-0.2, -0.15) is 0 Å². The van der Waals surface area contributed by atoms with Crippen molar-refractivity contribution >= 4 is 51.7 Å². The van der Waals surface area contributed by atoms with Gasteiger partial charge >= 0.3 is 0 Å². The van der Waals surface area contributed by atoms with Crippen LogP contribution in [-0.4, -0.2) is 24.9 Å². The van der Waals surface area contributed by atoms with Crippen molar-refractivity contribution in [2.45, 2.75) is 12.5 Å². The van der Waals surface area contributed by atoms with E-state index in [1.54, 1.807) is 25.2 Å². The number of fused-ring (bicyclic) bond motifs is 1. The smallest absolute Gasteiger partial charge is 0.254 e. The van der Waals surface area contributed by atoms with Crippen LogP contribution in [0.25, 0.3) is 0 Å². The summed E-state index contributed by atoms with van der Waals surface area (Å²) in [5.41, 5.74) is 1.87. The number of amides is 2.